The molecule has 0 bridgehead atoms. The lowest BCUT2D eigenvalue weighted by Crippen LogP contribution is -2.08. The highest BCUT2D eigenvalue weighted by molar-refractivity contribution is 9.10. The van der Waals surface area contributed by atoms with Crippen molar-refractivity contribution in [3.63, 3.8) is 0 Å². The monoisotopic (exact) mass is 316 g/mol. The fourth-order valence-electron chi connectivity index (χ4n) is 1.35. The van der Waals surface area contributed by atoms with Gasteiger partial charge in [0.1, 0.15) is 17.9 Å². The molecule has 6 heteroatoms. The molecule has 0 aliphatic carbocycles. The Morgan fingerprint density at radius 3 is 2.44 bits per heavy atom. The minimum Gasteiger partial charge on any atom is -0.496 e. The van der Waals surface area contributed by atoms with Crippen LogP contribution >= 0.6 is 15.9 Å². The van der Waals surface area contributed by atoms with E-state index in [4.69, 9.17) is 9.47 Å². The van der Waals surface area contributed by atoms with Crippen molar-refractivity contribution >= 4 is 27.9 Å². The van der Waals surface area contributed by atoms with Gasteiger partial charge in [-0.25, -0.2) is 4.79 Å². The van der Waals surface area contributed by atoms with Gasteiger partial charge in [0.15, 0.2) is 0 Å². The van der Waals surface area contributed by atoms with Gasteiger partial charge in [-0.15, -0.1) is 0 Å². The number of hydrogen-bond donors (Lipinski definition) is 0. The summed E-state index contributed by atoms with van der Waals surface area (Å²) in [5.74, 6) is -0.527. The standard InChI is InChI=1S/C12H13BrO5/c1-7(14)18-6-8-4-5-9(16-2)10(11(8)13)12(15)17-3/h4-5H,6H2,1-3H3. The molecule has 0 heterocycles. The molecule has 1 rings (SSSR count). The van der Waals surface area contributed by atoms with Gasteiger partial charge in [-0.1, -0.05) is 6.07 Å². The second-order valence-corrected chi connectivity index (χ2v) is 4.18. The van der Waals surface area contributed by atoms with Crippen molar-refractivity contribution in [1.82, 2.24) is 0 Å². The van der Waals surface area contributed by atoms with Crippen LogP contribution in [0.1, 0.15) is 22.8 Å². The summed E-state index contributed by atoms with van der Waals surface area (Å²) in [5, 5.41) is 0. The summed E-state index contributed by atoms with van der Waals surface area (Å²) in [5.41, 5.74) is 0.927. The highest BCUT2D eigenvalue weighted by Gasteiger charge is 2.20. The molecule has 0 N–H and O–H groups in total. The maximum absolute atomic E-state index is 11.7. The summed E-state index contributed by atoms with van der Waals surface area (Å²) in [6.07, 6.45) is 0. The quantitative estimate of drug-likeness (QED) is 0.798. The second-order valence-electron chi connectivity index (χ2n) is 3.39. The molecule has 0 amide bonds. The van der Waals surface area contributed by atoms with Crippen molar-refractivity contribution in [3.8, 4) is 5.75 Å². The van der Waals surface area contributed by atoms with Crippen LogP contribution in [-0.4, -0.2) is 26.2 Å². The van der Waals surface area contributed by atoms with Crippen molar-refractivity contribution < 1.29 is 23.8 Å². The number of benzene rings is 1. The van der Waals surface area contributed by atoms with Gasteiger partial charge in [-0.3, -0.25) is 4.79 Å². The predicted octanol–water partition coefficient (Wildman–Crippen LogP) is 2.31. The van der Waals surface area contributed by atoms with Gasteiger partial charge in [0.05, 0.1) is 14.2 Å². The fourth-order valence-corrected chi connectivity index (χ4v) is 1.96. The van der Waals surface area contributed by atoms with Gasteiger partial charge >= 0.3 is 11.9 Å². The van der Waals surface area contributed by atoms with Gasteiger partial charge in [-0.05, 0) is 22.0 Å². The van der Waals surface area contributed by atoms with Crippen LogP contribution in [0.4, 0.5) is 0 Å². The van der Waals surface area contributed by atoms with Crippen LogP contribution in [0.15, 0.2) is 16.6 Å². The third-order valence-electron chi connectivity index (χ3n) is 2.22. The molecule has 5 nitrogen and oxygen atoms in total. The van der Waals surface area contributed by atoms with Crippen LogP contribution in [0, 0.1) is 0 Å². The van der Waals surface area contributed by atoms with Crippen LogP contribution in [0.2, 0.25) is 0 Å². The number of carbonyl (C=O) groups is 2. The van der Waals surface area contributed by atoms with Crippen molar-refractivity contribution in [3.05, 3.63) is 27.7 Å². The molecule has 0 unspecified atom stereocenters. The molecule has 1 aromatic rings. The summed E-state index contributed by atoms with van der Waals surface area (Å²) in [7, 11) is 2.74. The average Bonchev–Trinajstić information content (AvgIpc) is 2.35. The summed E-state index contributed by atoms with van der Waals surface area (Å²) < 4.78 is 15.2. The van der Waals surface area contributed by atoms with E-state index in [2.05, 4.69) is 20.7 Å². The summed E-state index contributed by atoms with van der Waals surface area (Å²) >= 11 is 3.29. The number of carbonyl (C=O) groups excluding carboxylic acids is 2. The normalized spacial score (nSPS) is 9.78. The second kappa shape index (κ2) is 6.39. The molecule has 0 fully saturated rings. The number of esters is 2. The van der Waals surface area contributed by atoms with E-state index < -0.39 is 11.9 Å². The number of halogens is 1. The molecular formula is C12H13BrO5. The Bertz CT molecular complexity index is 470. The highest BCUT2D eigenvalue weighted by atomic mass is 79.9. The summed E-state index contributed by atoms with van der Waals surface area (Å²) in [6.45, 7) is 1.39. The van der Waals surface area contributed by atoms with Gasteiger partial charge in [0.25, 0.3) is 0 Å². The number of rotatable bonds is 4. The number of hydrogen-bond acceptors (Lipinski definition) is 5. The van der Waals surface area contributed by atoms with E-state index in [1.165, 1.54) is 21.1 Å². The Morgan fingerprint density at radius 1 is 1.28 bits per heavy atom. The molecule has 98 valence electrons. The topological polar surface area (TPSA) is 61.8 Å². The maximum Gasteiger partial charge on any atom is 0.342 e. The Hall–Kier alpha value is -1.56. The van der Waals surface area contributed by atoms with Gasteiger partial charge in [-0.2, -0.15) is 0 Å². The molecule has 0 saturated heterocycles. The molecular weight excluding hydrogens is 304 g/mol. The van der Waals surface area contributed by atoms with E-state index in [1.807, 2.05) is 0 Å². The van der Waals surface area contributed by atoms with E-state index in [0.29, 0.717) is 15.8 Å². The summed E-state index contributed by atoms with van der Waals surface area (Å²) in [6, 6.07) is 3.33. The zero-order chi connectivity index (χ0) is 13.7. The van der Waals surface area contributed by atoms with Gasteiger partial charge in [0, 0.05) is 17.0 Å². The Labute approximate surface area is 113 Å². The smallest absolute Gasteiger partial charge is 0.342 e. The van der Waals surface area contributed by atoms with Gasteiger partial charge in [0.2, 0.25) is 0 Å². The van der Waals surface area contributed by atoms with Crippen molar-refractivity contribution in [2.45, 2.75) is 13.5 Å². The first-order chi connectivity index (χ1) is 8.51. The minimum absolute atomic E-state index is 0.0733. The SMILES string of the molecule is COC(=O)c1c(OC)ccc(COC(C)=O)c1Br. The predicted molar refractivity (Wildman–Crippen MR) is 67.5 cm³/mol. The first-order valence-corrected chi connectivity index (χ1v) is 5.87. The minimum atomic E-state index is -0.525. The van der Waals surface area contributed by atoms with E-state index in [1.54, 1.807) is 12.1 Å². The van der Waals surface area contributed by atoms with Crippen LogP contribution in [-0.2, 0) is 20.9 Å². The van der Waals surface area contributed by atoms with Gasteiger partial charge < -0.3 is 14.2 Å². The lowest BCUT2D eigenvalue weighted by molar-refractivity contribution is -0.142. The summed E-state index contributed by atoms with van der Waals surface area (Å²) in [4.78, 5) is 22.4. The Kier molecular flexibility index (Phi) is 5.15. The Morgan fingerprint density at radius 2 is 1.94 bits per heavy atom. The molecule has 0 aliphatic rings. The van der Waals surface area contributed by atoms with E-state index in [0.717, 1.165) is 0 Å². The van der Waals surface area contributed by atoms with E-state index in [-0.39, 0.29) is 12.2 Å². The molecule has 0 spiro atoms. The first-order valence-electron chi connectivity index (χ1n) is 5.08. The lowest BCUT2D eigenvalue weighted by Gasteiger charge is -2.12. The average molecular weight is 317 g/mol. The highest BCUT2D eigenvalue weighted by Crippen LogP contribution is 2.31. The van der Waals surface area contributed by atoms with Crippen LogP contribution in [0.3, 0.4) is 0 Å². The lowest BCUT2D eigenvalue weighted by atomic mass is 10.1. The fraction of sp³-hybridized carbons (Fsp3) is 0.333. The van der Waals surface area contributed by atoms with Crippen molar-refractivity contribution in [2.75, 3.05) is 14.2 Å². The molecule has 0 saturated carbocycles. The van der Waals surface area contributed by atoms with E-state index in [9.17, 15) is 9.59 Å². The zero-order valence-electron chi connectivity index (χ0n) is 10.3. The molecule has 0 atom stereocenters. The third-order valence-corrected chi connectivity index (χ3v) is 3.13. The third kappa shape index (κ3) is 3.22. The van der Waals surface area contributed by atoms with Crippen LogP contribution in [0.5, 0.6) is 5.75 Å². The molecule has 0 radical (unpaired) electrons. The molecule has 0 aliphatic heterocycles. The maximum atomic E-state index is 11.7. The Balaban J connectivity index is 3.16. The largest absolute Gasteiger partial charge is 0.496 e. The van der Waals surface area contributed by atoms with Crippen LogP contribution in [0.25, 0.3) is 0 Å². The van der Waals surface area contributed by atoms with Crippen molar-refractivity contribution in [2.24, 2.45) is 0 Å². The van der Waals surface area contributed by atoms with E-state index >= 15 is 0 Å². The number of ether oxygens (including phenoxy) is 3. The molecule has 1 aromatic carbocycles. The first kappa shape index (κ1) is 14.5. The molecule has 18 heavy (non-hydrogen) atoms. The molecule has 0 aromatic heterocycles. The van der Waals surface area contributed by atoms with Crippen LogP contribution < -0.4 is 4.74 Å². The van der Waals surface area contributed by atoms with Crippen molar-refractivity contribution in [1.29, 1.82) is 0 Å². The number of methoxy groups -OCH3 is 2. The zero-order valence-corrected chi connectivity index (χ0v) is 11.9.